The summed E-state index contributed by atoms with van der Waals surface area (Å²) in [6.45, 7) is 26.5. The van der Waals surface area contributed by atoms with Gasteiger partial charge in [-0.3, -0.25) is 15.0 Å². The number of hydrogen-bond donors (Lipinski definition) is 0. The largest absolute Gasteiger partial charge is 0.467 e. The van der Waals surface area contributed by atoms with E-state index in [-0.39, 0.29) is 51.9 Å². The highest BCUT2D eigenvalue weighted by Crippen LogP contribution is 2.72. The quantitative estimate of drug-likeness (QED) is 0.0162. The summed E-state index contributed by atoms with van der Waals surface area (Å²) in [5.74, 6) is -0.898. The van der Waals surface area contributed by atoms with Gasteiger partial charge in [-0.1, -0.05) is 274 Å². The Kier molecular flexibility index (Phi) is 32.8. The Balaban J connectivity index is 1.12. The van der Waals surface area contributed by atoms with Crippen LogP contribution in [0, 0.1) is 17.8 Å². The number of rotatable bonds is 48. The first-order chi connectivity index (χ1) is 59.8. The highest BCUT2D eigenvalue weighted by Gasteiger charge is 2.58. The molecule has 0 spiro atoms. The van der Waals surface area contributed by atoms with Crippen LogP contribution in [-0.4, -0.2) is 76.0 Å². The lowest BCUT2D eigenvalue weighted by atomic mass is 9.63. The first-order valence-electron chi connectivity index (χ1n) is 46.9. The number of fused-ring (bicyclic) bond motifs is 12. The van der Waals surface area contributed by atoms with Gasteiger partial charge in [0.15, 0.2) is 0 Å². The fraction of sp³-hybridized carbons (Fsp3) is 0.500. The van der Waals surface area contributed by atoms with E-state index in [0.29, 0.717) is 0 Å². The third kappa shape index (κ3) is 20.1. The van der Waals surface area contributed by atoms with Gasteiger partial charge < -0.3 is 14.2 Å². The maximum absolute atomic E-state index is 12.9. The minimum Gasteiger partial charge on any atom is -0.467 e. The summed E-state index contributed by atoms with van der Waals surface area (Å²) in [7, 11) is 4.35. The van der Waals surface area contributed by atoms with E-state index < -0.39 is 18.1 Å². The van der Waals surface area contributed by atoms with Gasteiger partial charge in [0.1, 0.15) is 18.1 Å². The lowest BCUT2D eigenvalue weighted by molar-refractivity contribution is -0.143. The van der Waals surface area contributed by atoms with Crippen LogP contribution in [0.15, 0.2) is 142 Å². The van der Waals surface area contributed by atoms with Crippen molar-refractivity contribution < 1.29 is 28.6 Å². The standard InChI is InChI=1S/C108H135N3O6S6/c1-16-22-28-34-58-106(59-35-29-23-17-2)82-46-40-73(85-52-55-91(121-85)88-49-43-76(118-88)67-109-100(70(7)8)103(112)115-13)64-79(82)94-97(106)95-80-65-74(86-53-56-92(122-86)89-50-44-77(119-89)68-110-101(71(9)10)104(113)116-14)41-47-83(80)107(60-36-30-24-18-3,61-37-31-25-19-4)99(95)96-81-66-75(42-48-84(81)108(98(94)96,62-38-32-26-20-5)63-39-33-27-21-6)87-54-57-93(123-87)90-51-45-78(120-90)69-111-102(72(11)12)105(114)117-15/h40-57,64-72,100-102H,16-39,58-63H2,1-15H3/t100-,101-,102-/m0/s1. The molecule has 123 heavy (non-hydrogen) atoms. The van der Waals surface area contributed by atoms with Crippen LogP contribution >= 0.6 is 68.0 Å². The van der Waals surface area contributed by atoms with Crippen LogP contribution in [0.2, 0.25) is 0 Å². The van der Waals surface area contributed by atoms with Crippen molar-refractivity contribution in [2.24, 2.45) is 32.7 Å². The smallest absolute Gasteiger partial charge is 0.330 e. The molecule has 654 valence electrons. The predicted octanol–water partition coefficient (Wildman–Crippen LogP) is 32.5. The second-order valence-corrected chi connectivity index (χ2v) is 42.8. The molecular formula is C108H135N3O6S6. The van der Waals surface area contributed by atoms with Crippen molar-refractivity contribution in [3.63, 3.8) is 0 Å². The molecule has 6 aromatic heterocycles. The van der Waals surface area contributed by atoms with Gasteiger partial charge in [0.25, 0.3) is 0 Å². The van der Waals surface area contributed by atoms with Crippen molar-refractivity contribution in [2.75, 3.05) is 21.3 Å². The van der Waals surface area contributed by atoms with Crippen LogP contribution in [0.25, 0.3) is 94.0 Å². The van der Waals surface area contributed by atoms with Gasteiger partial charge in [-0.2, -0.15) is 0 Å². The van der Waals surface area contributed by atoms with Crippen molar-refractivity contribution in [3.8, 4) is 94.0 Å². The van der Waals surface area contributed by atoms with Crippen LogP contribution < -0.4 is 0 Å². The number of hydrogen-bond acceptors (Lipinski definition) is 15. The Morgan fingerprint density at radius 3 is 0.732 bits per heavy atom. The van der Waals surface area contributed by atoms with Crippen LogP contribution in [-0.2, 0) is 44.8 Å². The summed E-state index contributed by atoms with van der Waals surface area (Å²) >= 11 is 10.9. The maximum Gasteiger partial charge on any atom is 0.330 e. The molecule has 15 heteroatoms. The second kappa shape index (κ2) is 43.3. The minimum atomic E-state index is -0.562. The molecule has 0 saturated carbocycles. The number of benzene rings is 4. The Morgan fingerprint density at radius 2 is 0.512 bits per heavy atom. The van der Waals surface area contributed by atoms with E-state index in [1.807, 2.05) is 94.2 Å². The molecule has 13 rings (SSSR count). The molecule has 0 unspecified atom stereocenters. The van der Waals surface area contributed by atoms with Gasteiger partial charge in [0.05, 0.1) is 21.3 Å². The summed E-state index contributed by atoms with van der Waals surface area (Å²) in [6.07, 6.45) is 41.0. The molecule has 0 bridgehead atoms. The number of carbonyl (C=O) groups excluding carboxylic acids is 3. The van der Waals surface area contributed by atoms with E-state index in [1.54, 1.807) is 84.1 Å². The van der Waals surface area contributed by atoms with Crippen molar-refractivity contribution in [3.05, 3.63) is 175 Å². The van der Waals surface area contributed by atoms with Crippen LogP contribution in [0.3, 0.4) is 0 Å². The fourth-order valence-electron chi connectivity index (χ4n) is 20.3. The van der Waals surface area contributed by atoms with E-state index in [9.17, 15) is 14.4 Å². The molecule has 0 radical (unpaired) electrons. The lowest BCUT2D eigenvalue weighted by Gasteiger charge is -2.39. The molecule has 9 nitrogen and oxygen atoms in total. The first kappa shape index (κ1) is 93.1. The zero-order valence-corrected chi connectivity index (χ0v) is 81.2. The van der Waals surface area contributed by atoms with E-state index >= 15 is 0 Å². The summed E-state index contributed by atoms with van der Waals surface area (Å²) in [5.41, 5.74) is 21.8. The van der Waals surface area contributed by atoms with Crippen molar-refractivity contribution in [2.45, 2.75) is 310 Å². The van der Waals surface area contributed by atoms with Crippen LogP contribution in [0.4, 0.5) is 0 Å². The summed E-state index contributed by atoms with van der Waals surface area (Å²) in [5, 5.41) is 0. The SMILES string of the molecule is CCCCCCC1(CCCCCC)c2ccc(-c3ccc(-c4ccc(C=N[C@H](C(=O)OC)C(C)C)s4)s3)cc2-c2c1c1c(c3c2C(CCCCCC)(CCCCCC)c2ccc(-c4ccc(-c5ccc(C=N[C@H](C(=O)OC)C(C)C)s5)s4)cc2-3)C(CCCCCC)(CCCCCC)c2ccc(-c3ccc(-c4ccc(C=N[C@H](C(=O)OC)C(C)C)s4)s3)cc2-1. The topological polar surface area (TPSA) is 116 Å². The van der Waals surface area contributed by atoms with Crippen molar-refractivity contribution in [1.29, 1.82) is 0 Å². The number of esters is 3. The second-order valence-electron chi connectivity index (χ2n) is 36.2. The van der Waals surface area contributed by atoms with Crippen LogP contribution in [0.1, 0.15) is 324 Å². The number of methoxy groups -OCH3 is 3. The van der Waals surface area contributed by atoms with E-state index in [2.05, 4.69) is 169 Å². The minimum absolute atomic E-state index is 0.00858. The van der Waals surface area contributed by atoms with E-state index in [0.717, 1.165) is 53.2 Å². The number of aliphatic imine (C=N–C) groups is 3. The molecule has 0 amide bonds. The molecule has 10 aromatic rings. The van der Waals surface area contributed by atoms with Gasteiger partial charge in [-0.15, -0.1) is 68.0 Å². The molecule has 0 N–H and O–H groups in total. The molecule has 0 aliphatic heterocycles. The summed E-state index contributed by atoms with van der Waals surface area (Å²) in [6, 6.07) is 49.7. The van der Waals surface area contributed by atoms with Gasteiger partial charge in [0, 0.05) is 93.4 Å². The normalized spacial score (nSPS) is 14.8. The fourth-order valence-corrected chi connectivity index (χ4v) is 26.2. The number of nitrogens with zero attached hydrogens (tertiary/aromatic N) is 3. The monoisotopic (exact) mass is 1760 g/mol. The zero-order valence-electron chi connectivity index (χ0n) is 76.3. The lowest BCUT2D eigenvalue weighted by Crippen LogP contribution is -2.31. The number of ether oxygens (including phenoxy) is 3. The zero-order chi connectivity index (χ0) is 87.0. The average molecular weight is 1760 g/mol. The number of thiophene rings is 6. The first-order valence-corrected chi connectivity index (χ1v) is 51.8. The van der Waals surface area contributed by atoms with Crippen LogP contribution in [0.5, 0.6) is 0 Å². The number of unbranched alkanes of at least 4 members (excludes halogenated alkanes) is 18. The summed E-state index contributed by atoms with van der Waals surface area (Å²) < 4.78 is 15.6. The third-order valence-electron chi connectivity index (χ3n) is 26.7. The third-order valence-corrected chi connectivity index (χ3v) is 33.7. The molecule has 3 aliphatic carbocycles. The maximum atomic E-state index is 12.9. The Labute approximate surface area is 760 Å². The van der Waals surface area contributed by atoms with Gasteiger partial charge in [0.2, 0.25) is 0 Å². The highest BCUT2D eigenvalue weighted by atomic mass is 32.1. The molecule has 3 atom stereocenters. The van der Waals surface area contributed by atoms with Gasteiger partial charge in [-0.05, 0) is 231 Å². The predicted molar refractivity (Wildman–Crippen MR) is 532 cm³/mol. The molecular weight excluding hydrogens is 1630 g/mol. The molecule has 0 fully saturated rings. The van der Waals surface area contributed by atoms with Crippen molar-refractivity contribution >= 4 is 105 Å². The molecule has 4 aromatic carbocycles. The van der Waals surface area contributed by atoms with Gasteiger partial charge >= 0.3 is 17.9 Å². The molecule has 6 heterocycles. The van der Waals surface area contributed by atoms with Crippen molar-refractivity contribution in [1.82, 2.24) is 0 Å². The molecule has 3 aliphatic rings. The highest BCUT2D eigenvalue weighted by molar-refractivity contribution is 7.25. The van der Waals surface area contributed by atoms with E-state index in [4.69, 9.17) is 29.2 Å². The Morgan fingerprint density at radius 1 is 0.293 bits per heavy atom. The van der Waals surface area contributed by atoms with E-state index in [1.165, 1.54) is 253 Å². The average Bonchev–Trinajstić information content (AvgIpc) is 1.48. The molecule has 0 saturated heterocycles. The Hall–Kier alpha value is -7.50. The van der Waals surface area contributed by atoms with Gasteiger partial charge in [-0.25, -0.2) is 14.4 Å². The Bertz CT molecular complexity index is 4740. The summed E-state index contributed by atoms with van der Waals surface area (Å²) in [4.78, 5) is 67.3. The number of carbonyl (C=O) groups is 3.